The van der Waals surface area contributed by atoms with Crippen molar-refractivity contribution in [2.75, 3.05) is 13.2 Å². The molecule has 9 heteroatoms. The highest BCUT2D eigenvalue weighted by molar-refractivity contribution is 5.81. The van der Waals surface area contributed by atoms with Gasteiger partial charge in [-0.1, -0.05) is 12.1 Å². The second-order valence-corrected chi connectivity index (χ2v) is 3.55. The number of urea groups is 1. The Labute approximate surface area is 114 Å². The Hall–Kier alpha value is -2.84. The maximum Gasteiger partial charge on any atom is 0.333 e. The van der Waals surface area contributed by atoms with Crippen molar-refractivity contribution in [1.29, 1.82) is 0 Å². The molecule has 20 heavy (non-hydrogen) atoms. The minimum atomic E-state index is -0.644. The Bertz CT molecular complexity index is 505. The molecule has 0 aliphatic carbocycles. The molecule has 0 aromatic heterocycles. The van der Waals surface area contributed by atoms with E-state index in [0.29, 0.717) is 6.54 Å². The average molecular weight is 282 g/mol. The van der Waals surface area contributed by atoms with Gasteiger partial charge in [0, 0.05) is 12.6 Å². The van der Waals surface area contributed by atoms with Crippen molar-refractivity contribution in [1.82, 2.24) is 16.2 Å². The van der Waals surface area contributed by atoms with Gasteiger partial charge < -0.3 is 10.1 Å². The highest BCUT2D eigenvalue weighted by Gasteiger charge is 2.14. The largest absolute Gasteiger partial charge is 0.477 e. The number of nitro benzene ring substituents is 1. The molecule has 3 N–H and O–H groups in total. The molecule has 0 unspecified atom stereocenters. The summed E-state index contributed by atoms with van der Waals surface area (Å²) < 4.78 is 5.03. The third-order valence-electron chi connectivity index (χ3n) is 2.07. The van der Waals surface area contributed by atoms with Crippen LogP contribution in [0.15, 0.2) is 24.3 Å². The number of ether oxygens (including phenoxy) is 1. The number of benzene rings is 1. The van der Waals surface area contributed by atoms with E-state index in [4.69, 9.17) is 4.74 Å². The molecule has 108 valence electrons. The molecular formula is C11H14N4O5. The molecule has 9 nitrogen and oxygen atoms in total. The van der Waals surface area contributed by atoms with Crippen LogP contribution >= 0.6 is 0 Å². The van der Waals surface area contributed by atoms with E-state index < -0.39 is 23.5 Å². The van der Waals surface area contributed by atoms with E-state index in [1.807, 2.05) is 0 Å². The number of rotatable bonds is 5. The quantitative estimate of drug-likeness (QED) is 0.530. The molecule has 3 amide bonds. The van der Waals surface area contributed by atoms with Crippen molar-refractivity contribution in [2.24, 2.45) is 0 Å². The van der Waals surface area contributed by atoms with Crippen LogP contribution in [-0.2, 0) is 4.79 Å². The van der Waals surface area contributed by atoms with Gasteiger partial charge in [0.25, 0.3) is 5.91 Å². The molecule has 0 atom stereocenters. The second-order valence-electron chi connectivity index (χ2n) is 3.55. The lowest BCUT2D eigenvalue weighted by molar-refractivity contribution is -0.385. The van der Waals surface area contributed by atoms with Gasteiger partial charge in [0.1, 0.15) is 0 Å². The Morgan fingerprint density at radius 2 is 2.00 bits per heavy atom. The van der Waals surface area contributed by atoms with Crippen molar-refractivity contribution in [3.63, 3.8) is 0 Å². The number of carbonyl (C=O) groups excluding carboxylic acids is 2. The standard InChI is InChI=1S/C11H14N4O5/c1-2-12-11(17)14-13-10(16)7-20-9-6-4-3-5-8(9)15(18)19/h3-6H,2,7H2,1H3,(H,13,16)(H2,12,14,17). The van der Waals surface area contributed by atoms with Gasteiger partial charge in [0.2, 0.25) is 0 Å². The predicted molar refractivity (Wildman–Crippen MR) is 68.9 cm³/mol. The molecule has 0 aliphatic heterocycles. The minimum absolute atomic E-state index is 0.0225. The first-order valence-electron chi connectivity index (χ1n) is 5.73. The third kappa shape index (κ3) is 4.80. The van der Waals surface area contributed by atoms with Crippen LogP contribution in [0.25, 0.3) is 0 Å². The summed E-state index contributed by atoms with van der Waals surface area (Å²) >= 11 is 0. The fourth-order valence-electron chi connectivity index (χ4n) is 1.24. The van der Waals surface area contributed by atoms with E-state index in [-0.39, 0.29) is 11.4 Å². The molecule has 0 bridgehead atoms. The highest BCUT2D eigenvalue weighted by Crippen LogP contribution is 2.25. The maximum atomic E-state index is 11.4. The van der Waals surface area contributed by atoms with E-state index >= 15 is 0 Å². The lowest BCUT2D eigenvalue weighted by atomic mass is 10.3. The summed E-state index contributed by atoms with van der Waals surface area (Å²) in [7, 11) is 0. The molecule has 0 fully saturated rings. The Kier molecular flexibility index (Phi) is 5.75. The van der Waals surface area contributed by atoms with E-state index in [1.54, 1.807) is 13.0 Å². The summed E-state index contributed by atoms with van der Waals surface area (Å²) in [6.45, 7) is 1.67. The fourth-order valence-corrected chi connectivity index (χ4v) is 1.24. The lowest BCUT2D eigenvalue weighted by Gasteiger charge is -2.09. The normalized spacial score (nSPS) is 9.45. The highest BCUT2D eigenvalue weighted by atomic mass is 16.6. The average Bonchev–Trinajstić information content (AvgIpc) is 2.43. The van der Waals surface area contributed by atoms with Crippen LogP contribution in [0.2, 0.25) is 0 Å². The summed E-state index contributed by atoms with van der Waals surface area (Å²) in [4.78, 5) is 32.5. The Morgan fingerprint density at radius 3 is 2.65 bits per heavy atom. The number of hydrogen-bond acceptors (Lipinski definition) is 5. The first-order chi connectivity index (χ1) is 9.54. The van der Waals surface area contributed by atoms with Gasteiger partial charge in [0.15, 0.2) is 12.4 Å². The second kappa shape index (κ2) is 7.56. The Balaban J connectivity index is 2.45. The molecule has 0 aliphatic rings. The zero-order valence-electron chi connectivity index (χ0n) is 10.7. The van der Waals surface area contributed by atoms with Gasteiger partial charge in [-0.05, 0) is 13.0 Å². The molecule has 0 saturated carbocycles. The van der Waals surface area contributed by atoms with Gasteiger partial charge >= 0.3 is 11.7 Å². The molecule has 0 saturated heterocycles. The van der Waals surface area contributed by atoms with Crippen LogP contribution in [0.3, 0.4) is 0 Å². The van der Waals surface area contributed by atoms with Gasteiger partial charge in [-0.15, -0.1) is 0 Å². The fraction of sp³-hybridized carbons (Fsp3) is 0.273. The van der Waals surface area contributed by atoms with Gasteiger partial charge in [-0.3, -0.25) is 20.3 Å². The molecular weight excluding hydrogens is 268 g/mol. The van der Waals surface area contributed by atoms with Crippen molar-refractivity contribution in [2.45, 2.75) is 6.92 Å². The number of para-hydroxylation sites is 2. The van der Waals surface area contributed by atoms with E-state index in [2.05, 4.69) is 16.2 Å². The number of amides is 3. The summed E-state index contributed by atoms with van der Waals surface area (Å²) in [5.41, 5.74) is 3.94. The van der Waals surface area contributed by atoms with Crippen LogP contribution in [0.1, 0.15) is 6.92 Å². The molecule has 0 radical (unpaired) electrons. The maximum absolute atomic E-state index is 11.4. The van der Waals surface area contributed by atoms with Crippen LogP contribution in [0.4, 0.5) is 10.5 Å². The van der Waals surface area contributed by atoms with Crippen LogP contribution in [0.5, 0.6) is 5.75 Å². The monoisotopic (exact) mass is 282 g/mol. The van der Waals surface area contributed by atoms with E-state index in [1.165, 1.54) is 18.2 Å². The molecule has 1 aromatic rings. The Morgan fingerprint density at radius 1 is 1.30 bits per heavy atom. The van der Waals surface area contributed by atoms with Gasteiger partial charge in [-0.25, -0.2) is 10.2 Å². The van der Waals surface area contributed by atoms with Gasteiger partial charge in [0.05, 0.1) is 4.92 Å². The van der Waals surface area contributed by atoms with Crippen molar-refractivity contribution < 1.29 is 19.2 Å². The predicted octanol–water partition coefficient (Wildman–Crippen LogP) is 0.324. The number of carbonyl (C=O) groups is 2. The SMILES string of the molecule is CCNC(=O)NNC(=O)COc1ccccc1[N+](=O)[O-]. The summed E-state index contributed by atoms with van der Waals surface area (Å²) in [6, 6.07) is 5.11. The number of nitrogens with zero attached hydrogens (tertiary/aromatic N) is 1. The number of hydrazine groups is 1. The molecule has 1 aromatic carbocycles. The first kappa shape index (κ1) is 15.2. The third-order valence-corrected chi connectivity index (χ3v) is 2.07. The number of nitro groups is 1. The summed E-state index contributed by atoms with van der Waals surface area (Å²) in [5, 5.41) is 13.1. The molecule has 0 heterocycles. The van der Waals surface area contributed by atoms with Crippen LogP contribution in [-0.4, -0.2) is 30.0 Å². The van der Waals surface area contributed by atoms with E-state index in [9.17, 15) is 19.7 Å². The zero-order chi connectivity index (χ0) is 15.0. The lowest BCUT2D eigenvalue weighted by Crippen LogP contribution is -2.48. The smallest absolute Gasteiger partial charge is 0.333 e. The van der Waals surface area contributed by atoms with Crippen molar-refractivity contribution in [3.05, 3.63) is 34.4 Å². The summed E-state index contributed by atoms with van der Waals surface area (Å²) in [5.74, 6) is -0.667. The van der Waals surface area contributed by atoms with Crippen LogP contribution < -0.4 is 20.9 Å². The van der Waals surface area contributed by atoms with Crippen LogP contribution in [0, 0.1) is 10.1 Å². The number of nitrogens with one attached hydrogen (secondary N) is 3. The molecule has 1 rings (SSSR count). The molecule has 0 spiro atoms. The van der Waals surface area contributed by atoms with Crippen molar-refractivity contribution in [3.8, 4) is 5.75 Å². The summed E-state index contributed by atoms with van der Waals surface area (Å²) in [6.07, 6.45) is 0. The van der Waals surface area contributed by atoms with Crippen molar-refractivity contribution >= 4 is 17.6 Å². The van der Waals surface area contributed by atoms with Gasteiger partial charge in [-0.2, -0.15) is 0 Å². The first-order valence-corrected chi connectivity index (χ1v) is 5.73. The number of hydrogen-bond donors (Lipinski definition) is 3. The van der Waals surface area contributed by atoms with E-state index in [0.717, 1.165) is 0 Å². The topological polar surface area (TPSA) is 123 Å². The zero-order valence-corrected chi connectivity index (χ0v) is 10.7. The minimum Gasteiger partial charge on any atom is -0.477 e.